The van der Waals surface area contributed by atoms with Gasteiger partial charge in [-0.15, -0.1) is 0 Å². The third-order valence-electron chi connectivity index (χ3n) is 4.32. The van der Waals surface area contributed by atoms with Crippen molar-refractivity contribution in [1.82, 2.24) is 9.55 Å². The van der Waals surface area contributed by atoms with E-state index in [0.29, 0.717) is 0 Å². The van der Waals surface area contributed by atoms with Gasteiger partial charge in [0.1, 0.15) is 0 Å². The first kappa shape index (κ1) is 14.5. The van der Waals surface area contributed by atoms with Crippen molar-refractivity contribution in [3.8, 4) is 0 Å². The van der Waals surface area contributed by atoms with Gasteiger partial charge in [-0.2, -0.15) is 0 Å². The largest absolute Gasteiger partial charge is 0.358 e. The van der Waals surface area contributed by atoms with Crippen LogP contribution in [0.15, 0.2) is 30.9 Å². The number of aromatic nitrogens is 2. The van der Waals surface area contributed by atoms with E-state index in [1.165, 1.54) is 44.3 Å². The highest BCUT2D eigenvalue weighted by Gasteiger charge is 2.16. The van der Waals surface area contributed by atoms with E-state index in [1.807, 2.05) is 13.0 Å². The zero-order valence-electron chi connectivity index (χ0n) is 13.7. The monoisotopic (exact) mass is 290 g/mol. The molecule has 0 aliphatic carbocycles. The molecule has 3 rings (SSSR count). The molecule has 112 valence electrons. The second kappa shape index (κ2) is 5.38. The second-order valence-corrected chi connectivity index (χ2v) is 5.61. The predicted octanol–water partition coefficient (Wildman–Crippen LogP) is 5.68. The lowest BCUT2D eigenvalue weighted by Crippen LogP contribution is -1.90. The summed E-state index contributed by atoms with van der Waals surface area (Å²) in [4.78, 5) is 3.58. The highest BCUT2D eigenvalue weighted by atomic mass is 14.9. The Hall–Kier alpha value is -2.48. The van der Waals surface area contributed by atoms with Crippen molar-refractivity contribution in [3.05, 3.63) is 53.4 Å². The van der Waals surface area contributed by atoms with Crippen molar-refractivity contribution < 1.29 is 0 Å². The minimum absolute atomic E-state index is 1.19. The van der Waals surface area contributed by atoms with Gasteiger partial charge in [-0.1, -0.05) is 36.9 Å². The molecule has 3 aromatic rings. The number of hydrogen-bond acceptors (Lipinski definition) is 0. The Balaban J connectivity index is 2.54. The summed E-state index contributed by atoms with van der Waals surface area (Å²) in [5.41, 5.74) is 7.28. The number of fused-ring (bicyclic) bond motifs is 3. The molecule has 0 radical (unpaired) electrons. The van der Waals surface area contributed by atoms with E-state index in [0.717, 1.165) is 0 Å². The fourth-order valence-electron chi connectivity index (χ4n) is 3.34. The van der Waals surface area contributed by atoms with Crippen LogP contribution in [0.5, 0.6) is 0 Å². The van der Waals surface area contributed by atoms with Crippen LogP contribution in [0.3, 0.4) is 0 Å². The summed E-state index contributed by atoms with van der Waals surface area (Å²) in [5, 5.41) is 2.52. The lowest BCUT2D eigenvalue weighted by molar-refractivity contribution is 0.953. The molecule has 0 bridgehead atoms. The van der Waals surface area contributed by atoms with Gasteiger partial charge < -0.3 is 9.55 Å². The molecule has 0 saturated heterocycles. The Morgan fingerprint density at radius 2 is 1.82 bits per heavy atom. The van der Waals surface area contributed by atoms with Gasteiger partial charge in [-0.05, 0) is 32.9 Å². The molecule has 0 spiro atoms. The molecule has 1 aromatic carbocycles. The van der Waals surface area contributed by atoms with Gasteiger partial charge >= 0.3 is 0 Å². The average molecular weight is 290 g/mol. The van der Waals surface area contributed by atoms with Crippen molar-refractivity contribution >= 4 is 40.0 Å². The van der Waals surface area contributed by atoms with Crippen molar-refractivity contribution in [2.24, 2.45) is 7.05 Å². The Morgan fingerprint density at radius 1 is 1.09 bits per heavy atom. The van der Waals surface area contributed by atoms with E-state index < -0.39 is 0 Å². The van der Waals surface area contributed by atoms with E-state index >= 15 is 0 Å². The third-order valence-corrected chi connectivity index (χ3v) is 4.32. The normalized spacial score (nSPS) is 12.4. The first-order chi connectivity index (χ1) is 10.6. The molecule has 2 heterocycles. The van der Waals surface area contributed by atoms with E-state index in [-0.39, 0.29) is 0 Å². The average Bonchev–Trinajstić information content (AvgIpc) is 2.96. The number of aromatic amines is 1. The Morgan fingerprint density at radius 3 is 2.45 bits per heavy atom. The predicted molar refractivity (Wildman–Crippen MR) is 99.0 cm³/mol. The first-order valence-corrected chi connectivity index (χ1v) is 7.65. The van der Waals surface area contributed by atoms with Crippen LogP contribution in [-0.2, 0) is 7.05 Å². The van der Waals surface area contributed by atoms with Gasteiger partial charge in [0.25, 0.3) is 0 Å². The summed E-state index contributed by atoms with van der Waals surface area (Å²) >= 11 is 0. The highest BCUT2D eigenvalue weighted by Crippen LogP contribution is 2.35. The van der Waals surface area contributed by atoms with Crippen LogP contribution in [0.1, 0.15) is 36.4 Å². The van der Waals surface area contributed by atoms with Gasteiger partial charge in [0.2, 0.25) is 0 Å². The summed E-state index contributed by atoms with van der Waals surface area (Å²) in [5.74, 6) is 0. The molecule has 0 aliphatic heterocycles. The molecule has 22 heavy (non-hydrogen) atoms. The van der Waals surface area contributed by atoms with Gasteiger partial charge in [0, 0.05) is 40.3 Å². The maximum absolute atomic E-state index is 4.03. The molecule has 2 heteroatoms. The summed E-state index contributed by atoms with van der Waals surface area (Å²) in [7, 11) is 2.11. The number of hydrogen-bond donors (Lipinski definition) is 1. The number of nitrogens with one attached hydrogen (secondary N) is 1. The SMILES string of the molecule is C=Cc1c(/C=C\C)n(C)c2ccc3c(/C=C\C)c(C)[nH]c3c12. The van der Waals surface area contributed by atoms with E-state index in [9.17, 15) is 0 Å². The minimum Gasteiger partial charge on any atom is -0.358 e. The molecule has 0 saturated carbocycles. The standard InChI is InChI=1S/C20H22N2/c1-6-9-15-13(4)21-20-16(15)11-12-18-19(20)14(8-3)17(10-7-2)22(18)5/h6-12,21H,3H2,1-2,4-5H3/b9-6-,10-7-. The van der Waals surface area contributed by atoms with Crippen LogP contribution in [0.4, 0.5) is 0 Å². The molecule has 0 aliphatic rings. The van der Waals surface area contributed by atoms with Gasteiger partial charge in [-0.3, -0.25) is 0 Å². The van der Waals surface area contributed by atoms with Gasteiger partial charge in [0.15, 0.2) is 0 Å². The first-order valence-electron chi connectivity index (χ1n) is 7.65. The van der Waals surface area contributed by atoms with Crippen LogP contribution in [0.25, 0.3) is 40.0 Å². The third kappa shape index (κ3) is 1.87. The van der Waals surface area contributed by atoms with E-state index in [4.69, 9.17) is 0 Å². The molecular weight excluding hydrogens is 268 g/mol. The Kier molecular flexibility index (Phi) is 3.53. The zero-order chi connectivity index (χ0) is 15.9. The zero-order valence-corrected chi connectivity index (χ0v) is 13.7. The van der Waals surface area contributed by atoms with Crippen molar-refractivity contribution in [3.63, 3.8) is 0 Å². The molecular formula is C20H22N2. The summed E-state index contributed by atoms with van der Waals surface area (Å²) in [6.45, 7) is 10.3. The molecule has 0 atom stereocenters. The number of nitrogens with zero attached hydrogens (tertiary/aromatic N) is 1. The lowest BCUT2D eigenvalue weighted by Gasteiger charge is -1.99. The lowest BCUT2D eigenvalue weighted by atomic mass is 10.0. The van der Waals surface area contributed by atoms with E-state index in [1.54, 1.807) is 0 Å². The highest BCUT2D eigenvalue weighted by molar-refractivity contribution is 6.12. The molecule has 0 unspecified atom stereocenters. The van der Waals surface area contributed by atoms with Crippen molar-refractivity contribution in [2.75, 3.05) is 0 Å². The number of aryl methyl sites for hydroxylation is 2. The second-order valence-electron chi connectivity index (χ2n) is 5.61. The quantitative estimate of drug-likeness (QED) is 0.641. The van der Waals surface area contributed by atoms with E-state index in [2.05, 4.69) is 73.5 Å². The summed E-state index contributed by atoms with van der Waals surface area (Å²) < 4.78 is 2.23. The van der Waals surface area contributed by atoms with Crippen LogP contribution in [-0.4, -0.2) is 9.55 Å². The topological polar surface area (TPSA) is 20.7 Å². The van der Waals surface area contributed by atoms with Crippen LogP contribution < -0.4 is 0 Å². The maximum atomic E-state index is 4.03. The van der Waals surface area contributed by atoms with Crippen molar-refractivity contribution in [2.45, 2.75) is 20.8 Å². The summed E-state index contributed by atoms with van der Waals surface area (Å²) in [6, 6.07) is 4.42. The maximum Gasteiger partial charge on any atom is 0.0563 e. The molecule has 2 aromatic heterocycles. The number of benzene rings is 1. The minimum atomic E-state index is 1.19. The molecule has 2 nitrogen and oxygen atoms in total. The smallest absolute Gasteiger partial charge is 0.0563 e. The fourth-order valence-corrected chi connectivity index (χ4v) is 3.34. The Labute approximate surface area is 131 Å². The van der Waals surface area contributed by atoms with Crippen molar-refractivity contribution in [1.29, 1.82) is 0 Å². The fraction of sp³-hybridized carbons (Fsp3) is 0.200. The summed E-state index contributed by atoms with van der Waals surface area (Å²) in [6.07, 6.45) is 10.4. The molecule has 0 fully saturated rings. The van der Waals surface area contributed by atoms with Crippen LogP contribution >= 0.6 is 0 Å². The van der Waals surface area contributed by atoms with Crippen LogP contribution in [0.2, 0.25) is 0 Å². The number of H-pyrrole nitrogens is 1. The molecule has 1 N–H and O–H groups in total. The molecule has 0 amide bonds. The number of rotatable bonds is 3. The van der Waals surface area contributed by atoms with Crippen LogP contribution in [0, 0.1) is 6.92 Å². The van der Waals surface area contributed by atoms with Gasteiger partial charge in [-0.25, -0.2) is 0 Å². The Bertz CT molecular complexity index is 930. The van der Waals surface area contributed by atoms with Gasteiger partial charge in [0.05, 0.1) is 11.0 Å². The number of allylic oxidation sites excluding steroid dienone is 2.